The van der Waals surface area contributed by atoms with Gasteiger partial charge >= 0.3 is 5.97 Å². The number of amides is 7. The van der Waals surface area contributed by atoms with Crippen LogP contribution in [0.4, 0.5) is 0 Å². The fourth-order valence-corrected chi connectivity index (χ4v) is 9.95. The lowest BCUT2D eigenvalue weighted by molar-refractivity contribution is -0.163. The largest absolute Gasteiger partial charge is 0.459 e. The monoisotopic (exact) mass is 1230 g/mol. The summed E-state index contributed by atoms with van der Waals surface area (Å²) in [5, 5.41) is 43.8. The molecule has 492 valence electrons. The predicted molar refractivity (Wildman–Crippen MR) is 326 cm³/mol. The van der Waals surface area contributed by atoms with Gasteiger partial charge in [-0.3, -0.25) is 52.7 Å². The van der Waals surface area contributed by atoms with Crippen molar-refractivity contribution in [1.29, 1.82) is 0 Å². The molecule has 0 aromatic heterocycles. The Bertz CT molecular complexity index is 2400. The molecule has 0 spiro atoms. The molecular weight excluding hydrogens is 1130 g/mol. The molecular formula is C60H103N13O14. The zero-order valence-corrected chi connectivity index (χ0v) is 52.3. The van der Waals surface area contributed by atoms with Crippen molar-refractivity contribution in [3.63, 3.8) is 0 Å². The van der Waals surface area contributed by atoms with E-state index >= 15 is 0 Å². The van der Waals surface area contributed by atoms with Crippen LogP contribution >= 0.6 is 0 Å². The Hall–Kier alpha value is -6.33. The molecule has 0 radical (unpaired) electrons. The quantitative estimate of drug-likeness (QED) is 0.0359. The molecule has 1 aliphatic heterocycles. The topological polar surface area (TPSA) is 464 Å². The summed E-state index contributed by atoms with van der Waals surface area (Å²) in [6.07, 6.45) is -4.13. The molecule has 1 aromatic rings. The first-order valence-electron chi connectivity index (χ1n) is 30.6. The van der Waals surface area contributed by atoms with E-state index in [-0.39, 0.29) is 116 Å². The number of nitrogens with two attached hydrogens (primary N) is 5. The van der Waals surface area contributed by atoms with Gasteiger partial charge in [0.25, 0.3) is 0 Å². The van der Waals surface area contributed by atoms with E-state index in [2.05, 4.69) is 42.5 Å². The van der Waals surface area contributed by atoms with E-state index in [0.717, 1.165) is 0 Å². The number of ketones is 3. The predicted octanol–water partition coefficient (Wildman–Crippen LogP) is -2.35. The van der Waals surface area contributed by atoms with E-state index in [4.69, 9.17) is 33.4 Å². The molecule has 27 heteroatoms. The molecule has 0 bridgehead atoms. The first-order chi connectivity index (χ1) is 41.0. The Morgan fingerprint density at radius 1 is 0.690 bits per heavy atom. The number of esters is 1. The molecule has 1 fully saturated rings. The number of hydrogen-bond acceptors (Lipinski definition) is 20. The maximum absolute atomic E-state index is 14.5. The highest BCUT2D eigenvalue weighted by atomic mass is 16.6. The van der Waals surface area contributed by atoms with Crippen LogP contribution in [0.2, 0.25) is 0 Å². The average molecular weight is 1230 g/mol. The van der Waals surface area contributed by atoms with Gasteiger partial charge in [-0.25, -0.2) is 0 Å². The normalized spacial score (nSPS) is 23.0. The van der Waals surface area contributed by atoms with Crippen LogP contribution in [0.25, 0.3) is 0 Å². The fourth-order valence-electron chi connectivity index (χ4n) is 9.95. The molecule has 2 rings (SSSR count). The van der Waals surface area contributed by atoms with Gasteiger partial charge in [0.1, 0.15) is 23.7 Å². The second-order valence-electron chi connectivity index (χ2n) is 23.9. The Morgan fingerprint density at radius 3 is 1.82 bits per heavy atom. The fraction of sp³-hybridized carbons (Fsp3) is 0.717. The lowest BCUT2D eigenvalue weighted by atomic mass is 9.90. The zero-order valence-electron chi connectivity index (χ0n) is 52.3. The van der Waals surface area contributed by atoms with E-state index in [1.165, 1.54) is 13.8 Å². The second-order valence-corrected chi connectivity index (χ2v) is 23.9. The van der Waals surface area contributed by atoms with Crippen LogP contribution in [0.5, 0.6) is 0 Å². The minimum atomic E-state index is -1.55. The highest BCUT2D eigenvalue weighted by Gasteiger charge is 2.38. The number of aliphatic hydroxyl groups excluding tert-OH is 2. The summed E-state index contributed by atoms with van der Waals surface area (Å²) in [5.74, 6) is -11.4. The maximum Gasteiger partial charge on any atom is 0.309 e. The first-order valence-corrected chi connectivity index (χ1v) is 30.6. The van der Waals surface area contributed by atoms with Gasteiger partial charge in [0.2, 0.25) is 41.4 Å². The zero-order chi connectivity index (χ0) is 65.6. The number of nitrogens with one attached hydrogen (secondary N) is 8. The van der Waals surface area contributed by atoms with Crippen LogP contribution in [0.1, 0.15) is 138 Å². The Labute approximate surface area is 512 Å². The Morgan fingerprint density at radius 2 is 1.25 bits per heavy atom. The smallest absolute Gasteiger partial charge is 0.309 e. The number of benzene rings is 1. The van der Waals surface area contributed by atoms with Gasteiger partial charge in [-0.2, -0.15) is 0 Å². The summed E-state index contributed by atoms with van der Waals surface area (Å²) in [6.45, 7) is 12.3. The van der Waals surface area contributed by atoms with Gasteiger partial charge in [0, 0.05) is 38.1 Å². The van der Waals surface area contributed by atoms with Crippen molar-refractivity contribution in [3.8, 4) is 0 Å². The molecule has 1 aliphatic rings. The number of carbonyl (C=O) groups excluding carboxylic acids is 11. The van der Waals surface area contributed by atoms with Crippen molar-refractivity contribution in [2.75, 3.05) is 45.8 Å². The van der Waals surface area contributed by atoms with Crippen molar-refractivity contribution in [2.24, 2.45) is 58.3 Å². The second kappa shape index (κ2) is 39.5. The third-order valence-corrected chi connectivity index (χ3v) is 15.2. The highest BCUT2D eigenvalue weighted by Crippen LogP contribution is 2.21. The van der Waals surface area contributed by atoms with Crippen LogP contribution in [0.3, 0.4) is 0 Å². The summed E-state index contributed by atoms with van der Waals surface area (Å²) in [7, 11) is 0. The number of Topliss-reactive ketones (excluding diaryl/α,β-unsaturated/α-hetero) is 3. The van der Waals surface area contributed by atoms with Crippen molar-refractivity contribution < 1.29 is 67.7 Å². The van der Waals surface area contributed by atoms with E-state index in [1.807, 2.05) is 20.8 Å². The lowest BCUT2D eigenvalue weighted by Gasteiger charge is -2.28. The Kier molecular flexibility index (Phi) is 34.9. The van der Waals surface area contributed by atoms with Crippen LogP contribution in [-0.4, -0.2) is 181 Å². The Balaban J connectivity index is 2.64. The number of aliphatic hydroxyl groups is 2. The molecule has 3 unspecified atom stereocenters. The summed E-state index contributed by atoms with van der Waals surface area (Å²) in [4.78, 5) is 153. The molecule has 20 N–H and O–H groups in total. The van der Waals surface area contributed by atoms with Gasteiger partial charge < -0.3 is 86.2 Å². The summed E-state index contributed by atoms with van der Waals surface area (Å²) >= 11 is 0. The SMILES string of the molecule is CCC(C)C(=O)OC(C)(C)CC(=O)N[C@@H](CCN)C(=O)C[C@H](C(=O)N[C@@H](CCN)C(=O)C[C@H]1CCNC(=O)[C@H](C(C)O)NC(=O)[C@H](CCN)CC(=O)[C@H](CCN)NC(=O)[C@H](CC(C)C)NC(=O)[C@@H](Cc2ccccc2)NC(=O)[C@H](CCN)NC1)C(C)O. The average Bonchev–Trinajstić information content (AvgIpc) is 2.47. The van der Waals surface area contributed by atoms with E-state index < -0.39 is 161 Å². The summed E-state index contributed by atoms with van der Waals surface area (Å²) < 4.78 is 5.55. The number of rotatable bonds is 30. The van der Waals surface area contributed by atoms with Crippen molar-refractivity contribution in [3.05, 3.63) is 35.9 Å². The molecule has 1 saturated heterocycles. The van der Waals surface area contributed by atoms with Crippen LogP contribution < -0.4 is 71.2 Å². The first kappa shape index (κ1) is 76.8. The molecule has 13 atom stereocenters. The standard InChI is InChI=1S/C60H103N13O14/c1-9-35(4)59(86)87-60(7,8)32-51(79)68-42(16-22-62)50(78)31-41(36(5)74)54(81)69-43(17-23-63)48(76)29-39-20-26-66-58(85)52(37(6)75)73-53(80)40(15-21-61)30-49(77)44(18-24-64)70-56(83)46(27-34(2)3)71-57(84)47(28-38-13-11-10-12-14-38)72-55(82)45(19-25-65)67-33-39/h10-14,34-37,39-47,52,67,74-75H,9,15-33,61-65H2,1-8H3,(H,66,85)(H,68,79)(H,69,81)(H,70,83)(H,71,84)(H,72,82)(H,73,80)/t35?,36?,37?,39-,40-,41+,42+,43+,44+,45+,46+,47-,52+/m1/s1. The third kappa shape index (κ3) is 27.7. The lowest BCUT2D eigenvalue weighted by Crippen LogP contribution is -2.58. The number of carbonyl (C=O) groups is 11. The maximum atomic E-state index is 14.5. The minimum Gasteiger partial charge on any atom is -0.459 e. The van der Waals surface area contributed by atoms with Crippen molar-refractivity contribution in [1.82, 2.24) is 42.5 Å². The van der Waals surface area contributed by atoms with Gasteiger partial charge in [0.05, 0.1) is 54.6 Å². The van der Waals surface area contributed by atoms with Crippen molar-refractivity contribution >= 4 is 64.7 Å². The molecule has 27 nitrogen and oxygen atoms in total. The van der Waals surface area contributed by atoms with Crippen LogP contribution in [0, 0.1) is 29.6 Å². The third-order valence-electron chi connectivity index (χ3n) is 15.2. The van der Waals surface area contributed by atoms with Gasteiger partial charge in [-0.1, -0.05) is 58.0 Å². The van der Waals surface area contributed by atoms with Crippen LogP contribution in [-0.2, 0) is 63.9 Å². The van der Waals surface area contributed by atoms with E-state index in [1.54, 1.807) is 51.1 Å². The highest BCUT2D eigenvalue weighted by molar-refractivity contribution is 5.98. The van der Waals surface area contributed by atoms with Crippen LogP contribution in [0.15, 0.2) is 30.3 Å². The van der Waals surface area contributed by atoms with Gasteiger partial charge in [-0.05, 0) is 136 Å². The summed E-state index contributed by atoms with van der Waals surface area (Å²) in [5.41, 5.74) is 29.1. The number of ether oxygens (including phenoxy) is 1. The molecule has 0 saturated carbocycles. The minimum absolute atomic E-state index is 0.00583. The molecule has 1 heterocycles. The number of hydrogen-bond donors (Lipinski definition) is 15. The summed E-state index contributed by atoms with van der Waals surface area (Å²) in [6, 6.07) is -0.0137. The molecule has 0 aliphatic carbocycles. The molecule has 1 aromatic carbocycles. The van der Waals surface area contributed by atoms with Crippen molar-refractivity contribution in [2.45, 2.75) is 199 Å². The van der Waals surface area contributed by atoms with E-state index in [9.17, 15) is 63.0 Å². The molecule has 7 amide bonds. The van der Waals surface area contributed by atoms with Gasteiger partial charge in [-0.15, -0.1) is 0 Å². The molecule has 87 heavy (non-hydrogen) atoms. The van der Waals surface area contributed by atoms with Gasteiger partial charge in [0.15, 0.2) is 17.3 Å². The van der Waals surface area contributed by atoms with E-state index in [0.29, 0.717) is 12.0 Å².